The van der Waals surface area contributed by atoms with Gasteiger partial charge in [-0.15, -0.1) is 6.58 Å². The molecule has 2 heteroatoms. The molecule has 1 aromatic heterocycles. The Labute approximate surface area is 94.9 Å². The summed E-state index contributed by atoms with van der Waals surface area (Å²) < 4.78 is 2.29. The second-order valence-electron chi connectivity index (χ2n) is 4.07. The molecule has 0 amide bonds. The van der Waals surface area contributed by atoms with Crippen molar-refractivity contribution in [1.29, 1.82) is 0 Å². The number of aromatic nitrogens is 1. The van der Waals surface area contributed by atoms with E-state index in [-0.39, 0.29) is 0 Å². The van der Waals surface area contributed by atoms with Crippen LogP contribution in [0.5, 0.6) is 0 Å². The Morgan fingerprint density at radius 1 is 1.38 bits per heavy atom. The lowest BCUT2D eigenvalue weighted by Crippen LogP contribution is -2.07. The maximum atomic E-state index is 4.38. The van der Waals surface area contributed by atoms with Crippen molar-refractivity contribution >= 4 is 17.1 Å². The lowest BCUT2D eigenvalue weighted by atomic mass is 10.1. The van der Waals surface area contributed by atoms with Crippen LogP contribution in [0.4, 0.5) is 0 Å². The van der Waals surface area contributed by atoms with Crippen molar-refractivity contribution in [1.82, 2.24) is 4.57 Å². The van der Waals surface area contributed by atoms with Crippen LogP contribution in [0.1, 0.15) is 11.3 Å². The summed E-state index contributed by atoms with van der Waals surface area (Å²) in [5.74, 6) is 0. The van der Waals surface area contributed by atoms with Gasteiger partial charge in [0, 0.05) is 30.2 Å². The van der Waals surface area contributed by atoms with Crippen LogP contribution in [0.3, 0.4) is 0 Å². The van der Waals surface area contributed by atoms with Crippen molar-refractivity contribution in [3.63, 3.8) is 0 Å². The van der Waals surface area contributed by atoms with Crippen LogP contribution in [-0.4, -0.2) is 17.3 Å². The molecule has 0 unspecified atom stereocenters. The van der Waals surface area contributed by atoms with Gasteiger partial charge in [-0.25, -0.2) is 0 Å². The van der Waals surface area contributed by atoms with Gasteiger partial charge in [0.25, 0.3) is 0 Å². The number of hydrogen-bond donors (Lipinski definition) is 0. The molecule has 0 fully saturated rings. The molecule has 0 saturated heterocycles. The van der Waals surface area contributed by atoms with Gasteiger partial charge in [0.2, 0.25) is 0 Å². The largest absolute Gasteiger partial charge is 0.336 e. The van der Waals surface area contributed by atoms with Gasteiger partial charge in [0.1, 0.15) is 0 Å². The molecule has 16 heavy (non-hydrogen) atoms. The van der Waals surface area contributed by atoms with Gasteiger partial charge in [0.05, 0.1) is 5.69 Å². The van der Waals surface area contributed by atoms with Crippen LogP contribution in [0.2, 0.25) is 0 Å². The lowest BCUT2D eigenvalue weighted by molar-refractivity contribution is 0.833. The third kappa shape index (κ3) is 1.23. The number of benzene rings is 1. The van der Waals surface area contributed by atoms with Crippen LogP contribution < -0.4 is 0 Å². The van der Waals surface area contributed by atoms with Crippen molar-refractivity contribution in [2.45, 2.75) is 13.0 Å². The van der Waals surface area contributed by atoms with Crippen LogP contribution in [0.25, 0.3) is 10.9 Å². The van der Waals surface area contributed by atoms with E-state index < -0.39 is 0 Å². The molecule has 1 aliphatic rings. The van der Waals surface area contributed by atoms with Gasteiger partial charge in [-0.2, -0.15) is 0 Å². The van der Waals surface area contributed by atoms with E-state index in [4.69, 9.17) is 0 Å². The molecule has 0 saturated carbocycles. The van der Waals surface area contributed by atoms with E-state index in [0.29, 0.717) is 0 Å². The van der Waals surface area contributed by atoms with Gasteiger partial charge in [-0.05, 0) is 18.1 Å². The zero-order valence-electron chi connectivity index (χ0n) is 9.19. The Balaban J connectivity index is 2.38. The van der Waals surface area contributed by atoms with Gasteiger partial charge in [-0.3, -0.25) is 4.99 Å². The minimum absolute atomic E-state index is 0.849. The Bertz CT molecular complexity index is 576. The van der Waals surface area contributed by atoms with E-state index in [2.05, 4.69) is 40.4 Å². The zero-order chi connectivity index (χ0) is 11.0. The standard InChI is InChI=1S/C14H14N2/c1-2-9-16-13-6-4-3-5-11(13)12-7-8-15-10-14(12)16/h2-6,10H,1,7-9H2. The van der Waals surface area contributed by atoms with Crippen LogP contribution in [0.15, 0.2) is 41.9 Å². The van der Waals surface area contributed by atoms with E-state index in [1.807, 2.05) is 12.3 Å². The molecule has 0 N–H and O–H groups in total. The van der Waals surface area contributed by atoms with Gasteiger partial charge < -0.3 is 4.57 Å². The van der Waals surface area contributed by atoms with Crippen molar-refractivity contribution < 1.29 is 0 Å². The molecule has 80 valence electrons. The average molecular weight is 210 g/mol. The predicted octanol–water partition coefficient (Wildman–Crippen LogP) is 2.80. The topological polar surface area (TPSA) is 17.3 Å². The summed E-state index contributed by atoms with van der Waals surface area (Å²) in [6.07, 6.45) is 4.99. The third-order valence-electron chi connectivity index (χ3n) is 3.14. The Kier molecular flexibility index (Phi) is 2.13. The number of aliphatic imine (C=N–C) groups is 1. The van der Waals surface area contributed by atoms with Crippen molar-refractivity contribution in [3.05, 3.63) is 48.2 Å². The maximum absolute atomic E-state index is 4.38. The summed E-state index contributed by atoms with van der Waals surface area (Å²) in [5, 5.41) is 1.37. The Hall–Kier alpha value is -1.83. The summed E-state index contributed by atoms with van der Waals surface area (Å²) in [6.45, 7) is 5.59. The molecular formula is C14H14N2. The number of hydrogen-bond acceptors (Lipinski definition) is 1. The molecule has 3 rings (SSSR count). The normalized spacial score (nSPS) is 14.0. The first-order valence-corrected chi connectivity index (χ1v) is 5.62. The number of fused-ring (bicyclic) bond motifs is 3. The van der Waals surface area contributed by atoms with E-state index >= 15 is 0 Å². The molecule has 1 aliphatic heterocycles. The smallest absolute Gasteiger partial charge is 0.0635 e. The molecule has 0 atom stereocenters. The quantitative estimate of drug-likeness (QED) is 0.678. The van der Waals surface area contributed by atoms with E-state index in [1.165, 1.54) is 22.2 Å². The first kappa shape index (κ1) is 9.40. The molecule has 1 aromatic carbocycles. The van der Waals surface area contributed by atoms with Crippen molar-refractivity contribution in [3.8, 4) is 0 Å². The highest BCUT2D eigenvalue weighted by Gasteiger charge is 2.16. The highest BCUT2D eigenvalue weighted by molar-refractivity contribution is 5.95. The fourth-order valence-electron chi connectivity index (χ4n) is 2.46. The number of para-hydroxylation sites is 1. The Morgan fingerprint density at radius 2 is 2.25 bits per heavy atom. The molecule has 2 aromatic rings. The minimum atomic E-state index is 0.849. The first-order valence-electron chi connectivity index (χ1n) is 5.62. The first-order chi connectivity index (χ1) is 7.92. The number of rotatable bonds is 2. The van der Waals surface area contributed by atoms with E-state index in [1.54, 1.807) is 0 Å². The second kappa shape index (κ2) is 3.63. The van der Waals surface area contributed by atoms with Crippen LogP contribution >= 0.6 is 0 Å². The molecule has 0 spiro atoms. The molecule has 0 radical (unpaired) electrons. The number of nitrogens with zero attached hydrogens (tertiary/aromatic N) is 2. The van der Waals surface area contributed by atoms with Gasteiger partial charge >= 0.3 is 0 Å². The van der Waals surface area contributed by atoms with Crippen molar-refractivity contribution in [2.24, 2.45) is 4.99 Å². The van der Waals surface area contributed by atoms with E-state index in [9.17, 15) is 0 Å². The van der Waals surface area contributed by atoms with Gasteiger partial charge in [-0.1, -0.05) is 24.3 Å². The number of allylic oxidation sites excluding steroid dienone is 1. The summed E-state index contributed by atoms with van der Waals surface area (Å²) in [6, 6.07) is 8.56. The molecular weight excluding hydrogens is 196 g/mol. The van der Waals surface area contributed by atoms with Crippen LogP contribution in [0, 0.1) is 0 Å². The zero-order valence-corrected chi connectivity index (χ0v) is 9.19. The Morgan fingerprint density at radius 3 is 3.12 bits per heavy atom. The van der Waals surface area contributed by atoms with Gasteiger partial charge in [0.15, 0.2) is 0 Å². The minimum Gasteiger partial charge on any atom is -0.336 e. The monoisotopic (exact) mass is 210 g/mol. The lowest BCUT2D eigenvalue weighted by Gasteiger charge is -2.08. The molecule has 0 bridgehead atoms. The third-order valence-corrected chi connectivity index (χ3v) is 3.14. The summed E-state index contributed by atoms with van der Waals surface area (Å²) in [5.41, 5.74) is 3.99. The van der Waals surface area contributed by atoms with Crippen molar-refractivity contribution in [2.75, 3.05) is 6.54 Å². The molecule has 2 heterocycles. The van der Waals surface area contributed by atoms with E-state index in [0.717, 1.165) is 19.5 Å². The average Bonchev–Trinajstić information content (AvgIpc) is 2.66. The maximum Gasteiger partial charge on any atom is 0.0635 e. The highest BCUT2D eigenvalue weighted by Crippen LogP contribution is 2.27. The second-order valence-corrected chi connectivity index (χ2v) is 4.07. The predicted molar refractivity (Wildman–Crippen MR) is 68.3 cm³/mol. The van der Waals surface area contributed by atoms with Crippen LogP contribution in [-0.2, 0) is 13.0 Å². The fourth-order valence-corrected chi connectivity index (χ4v) is 2.46. The molecule has 0 aliphatic carbocycles. The molecule has 2 nitrogen and oxygen atoms in total. The SMILES string of the molecule is C=CCn1c2c(c3ccccc31)CCN=C2. The fraction of sp³-hybridized carbons (Fsp3) is 0.214. The summed E-state index contributed by atoms with van der Waals surface area (Å²) >= 11 is 0. The summed E-state index contributed by atoms with van der Waals surface area (Å²) in [7, 11) is 0. The summed E-state index contributed by atoms with van der Waals surface area (Å²) in [4.78, 5) is 4.38. The highest BCUT2D eigenvalue weighted by atomic mass is 15.0.